The van der Waals surface area contributed by atoms with Crippen molar-refractivity contribution in [2.24, 2.45) is 0 Å². The van der Waals surface area contributed by atoms with Crippen LogP contribution in [0.2, 0.25) is 0 Å². The second-order valence-electron chi connectivity index (χ2n) is 8.52. The first-order valence-corrected chi connectivity index (χ1v) is 11.5. The van der Waals surface area contributed by atoms with Gasteiger partial charge in [-0.2, -0.15) is 18.3 Å². The summed E-state index contributed by atoms with van der Waals surface area (Å²) in [6.07, 6.45) is -4.61. The molecular formula is C27H19F4N5O3. The average Bonchev–Trinajstić information content (AvgIpc) is 3.35. The average molecular weight is 537 g/mol. The highest BCUT2D eigenvalue weighted by atomic mass is 19.4. The van der Waals surface area contributed by atoms with Crippen molar-refractivity contribution in [3.63, 3.8) is 0 Å². The number of hydrogen-bond donors (Lipinski definition) is 2. The zero-order valence-corrected chi connectivity index (χ0v) is 20.2. The Morgan fingerprint density at radius 3 is 2.51 bits per heavy atom. The number of aromatic nitrogens is 4. The van der Waals surface area contributed by atoms with Crippen molar-refractivity contribution in [1.29, 1.82) is 0 Å². The number of methoxy groups -OCH3 is 1. The summed E-state index contributed by atoms with van der Waals surface area (Å²) in [4.78, 5) is 31.1. The number of nitrogens with zero attached hydrogens (tertiary/aromatic N) is 3. The largest absolute Gasteiger partial charge is 0.497 e. The fraction of sp³-hybridized carbons (Fsp3) is 0.111. The molecule has 3 aromatic carbocycles. The number of halogens is 4. The van der Waals surface area contributed by atoms with Crippen LogP contribution >= 0.6 is 0 Å². The zero-order valence-electron chi connectivity index (χ0n) is 20.2. The molecule has 12 heteroatoms. The van der Waals surface area contributed by atoms with E-state index >= 15 is 0 Å². The molecule has 2 aromatic heterocycles. The molecule has 0 radical (unpaired) electrons. The van der Waals surface area contributed by atoms with E-state index in [1.165, 1.54) is 37.4 Å². The normalized spacial score (nSPS) is 11.5. The van der Waals surface area contributed by atoms with Crippen molar-refractivity contribution < 1.29 is 27.1 Å². The number of hydrogen-bond acceptors (Lipinski definition) is 5. The Balaban J connectivity index is 1.62. The fourth-order valence-corrected chi connectivity index (χ4v) is 4.01. The SMILES string of the molecule is COc1cccc(Cc2nc3c(-c4ccc(F)cc4)n[nH]c3c(=O)n2NC(=O)c2cccc(C(F)(F)F)c2)c1. The molecule has 0 fully saturated rings. The van der Waals surface area contributed by atoms with E-state index in [2.05, 4.69) is 20.6 Å². The van der Waals surface area contributed by atoms with E-state index in [0.717, 1.165) is 16.8 Å². The van der Waals surface area contributed by atoms with Gasteiger partial charge in [-0.05, 0) is 60.2 Å². The molecule has 0 spiro atoms. The monoisotopic (exact) mass is 537 g/mol. The summed E-state index contributed by atoms with van der Waals surface area (Å²) in [5, 5.41) is 6.77. The number of ether oxygens (including phenoxy) is 1. The van der Waals surface area contributed by atoms with Gasteiger partial charge in [0.25, 0.3) is 11.5 Å². The minimum atomic E-state index is -4.65. The van der Waals surface area contributed by atoms with Gasteiger partial charge in [-0.1, -0.05) is 18.2 Å². The molecule has 5 rings (SSSR count). The highest BCUT2D eigenvalue weighted by molar-refractivity contribution is 6.00. The third-order valence-corrected chi connectivity index (χ3v) is 5.94. The van der Waals surface area contributed by atoms with Crippen LogP contribution in [0.5, 0.6) is 5.75 Å². The Bertz CT molecular complexity index is 1740. The third kappa shape index (κ3) is 5.21. The maximum absolute atomic E-state index is 13.5. The summed E-state index contributed by atoms with van der Waals surface area (Å²) in [5.74, 6) is -0.781. The van der Waals surface area contributed by atoms with E-state index < -0.39 is 29.0 Å². The van der Waals surface area contributed by atoms with Crippen LogP contribution in [0.3, 0.4) is 0 Å². The molecule has 0 aliphatic rings. The molecule has 8 nitrogen and oxygen atoms in total. The lowest BCUT2D eigenvalue weighted by Crippen LogP contribution is -2.36. The maximum atomic E-state index is 13.5. The summed E-state index contributed by atoms with van der Waals surface area (Å²) >= 11 is 0. The van der Waals surface area contributed by atoms with Crippen molar-refractivity contribution >= 4 is 16.9 Å². The smallest absolute Gasteiger partial charge is 0.416 e. The molecule has 0 saturated heterocycles. The summed E-state index contributed by atoms with van der Waals surface area (Å²) in [6, 6.07) is 16.2. The number of fused-ring (bicyclic) bond motifs is 1. The first kappa shape index (κ1) is 25.6. The molecule has 0 saturated carbocycles. The van der Waals surface area contributed by atoms with Gasteiger partial charge in [-0.25, -0.2) is 14.1 Å². The lowest BCUT2D eigenvalue weighted by molar-refractivity contribution is -0.137. The van der Waals surface area contributed by atoms with Gasteiger partial charge < -0.3 is 4.74 Å². The van der Waals surface area contributed by atoms with Crippen LogP contribution in [-0.4, -0.2) is 32.9 Å². The molecule has 2 N–H and O–H groups in total. The van der Waals surface area contributed by atoms with Crippen LogP contribution in [0, 0.1) is 5.82 Å². The molecule has 1 amide bonds. The summed E-state index contributed by atoms with van der Waals surface area (Å²) in [5.41, 5.74) is 1.89. The van der Waals surface area contributed by atoms with Crippen molar-refractivity contribution in [3.8, 4) is 17.0 Å². The number of alkyl halides is 3. The molecule has 2 heterocycles. The lowest BCUT2D eigenvalue weighted by Gasteiger charge is -2.15. The Kier molecular flexibility index (Phi) is 6.60. The lowest BCUT2D eigenvalue weighted by atomic mass is 10.1. The molecule has 0 aliphatic heterocycles. The number of amides is 1. The van der Waals surface area contributed by atoms with Crippen LogP contribution in [0.1, 0.15) is 27.3 Å². The predicted octanol–water partition coefficient (Wildman–Crippen LogP) is 4.93. The molecule has 0 aliphatic carbocycles. The van der Waals surface area contributed by atoms with Gasteiger partial charge >= 0.3 is 6.18 Å². The summed E-state index contributed by atoms with van der Waals surface area (Å²) < 4.78 is 59.2. The zero-order chi connectivity index (χ0) is 27.7. The van der Waals surface area contributed by atoms with Crippen LogP contribution < -0.4 is 15.7 Å². The first-order valence-electron chi connectivity index (χ1n) is 11.5. The minimum Gasteiger partial charge on any atom is -0.497 e. The summed E-state index contributed by atoms with van der Waals surface area (Å²) in [6.45, 7) is 0. The first-order chi connectivity index (χ1) is 18.6. The van der Waals surface area contributed by atoms with Crippen LogP contribution in [0.25, 0.3) is 22.3 Å². The van der Waals surface area contributed by atoms with Gasteiger partial charge in [0.05, 0.1) is 12.7 Å². The molecule has 5 aromatic rings. The van der Waals surface area contributed by atoms with Crippen LogP contribution in [0.4, 0.5) is 17.6 Å². The topological polar surface area (TPSA) is 102 Å². The highest BCUT2D eigenvalue weighted by Crippen LogP contribution is 2.30. The second-order valence-corrected chi connectivity index (χ2v) is 8.52. The van der Waals surface area contributed by atoms with Crippen molar-refractivity contribution in [3.05, 3.63) is 111 Å². The second kappa shape index (κ2) is 10.0. The molecule has 0 atom stereocenters. The van der Waals surface area contributed by atoms with Gasteiger partial charge in [0.15, 0.2) is 5.52 Å². The molecule has 0 unspecified atom stereocenters. The number of carbonyl (C=O) groups excluding carboxylic acids is 1. The number of nitrogens with one attached hydrogen (secondary N) is 2. The molecular weight excluding hydrogens is 518 g/mol. The number of rotatable bonds is 6. The number of H-pyrrole nitrogens is 1. The quantitative estimate of drug-likeness (QED) is 0.299. The number of carbonyl (C=O) groups is 1. The Labute approximate surface area is 217 Å². The van der Waals surface area contributed by atoms with Crippen molar-refractivity contribution in [1.82, 2.24) is 19.9 Å². The highest BCUT2D eigenvalue weighted by Gasteiger charge is 2.31. The van der Waals surface area contributed by atoms with Crippen LogP contribution in [-0.2, 0) is 12.6 Å². The number of benzene rings is 3. The minimum absolute atomic E-state index is 0.0410. The van der Waals surface area contributed by atoms with E-state index in [1.54, 1.807) is 24.3 Å². The Morgan fingerprint density at radius 2 is 1.79 bits per heavy atom. The van der Waals surface area contributed by atoms with Gasteiger partial charge in [0.2, 0.25) is 0 Å². The van der Waals surface area contributed by atoms with Gasteiger partial charge in [-0.15, -0.1) is 0 Å². The van der Waals surface area contributed by atoms with E-state index in [-0.39, 0.29) is 34.5 Å². The van der Waals surface area contributed by atoms with Gasteiger partial charge in [0.1, 0.15) is 28.6 Å². The van der Waals surface area contributed by atoms with Gasteiger partial charge in [-0.3, -0.25) is 20.1 Å². The maximum Gasteiger partial charge on any atom is 0.416 e. The number of aromatic amines is 1. The molecule has 198 valence electrons. The molecule has 39 heavy (non-hydrogen) atoms. The van der Waals surface area contributed by atoms with Gasteiger partial charge in [0, 0.05) is 17.5 Å². The predicted molar refractivity (Wildman–Crippen MR) is 134 cm³/mol. The Morgan fingerprint density at radius 1 is 1.05 bits per heavy atom. The van der Waals surface area contributed by atoms with E-state index in [0.29, 0.717) is 22.9 Å². The Hall–Kier alpha value is -5.00. The fourth-order valence-electron chi connectivity index (χ4n) is 4.01. The van der Waals surface area contributed by atoms with Crippen molar-refractivity contribution in [2.45, 2.75) is 12.6 Å². The third-order valence-electron chi connectivity index (χ3n) is 5.94. The summed E-state index contributed by atoms with van der Waals surface area (Å²) in [7, 11) is 1.50. The van der Waals surface area contributed by atoms with E-state index in [9.17, 15) is 27.2 Å². The van der Waals surface area contributed by atoms with E-state index in [4.69, 9.17) is 4.74 Å². The van der Waals surface area contributed by atoms with E-state index in [1.807, 2.05) is 0 Å². The van der Waals surface area contributed by atoms with Crippen LogP contribution in [0.15, 0.2) is 77.6 Å². The molecule has 0 bridgehead atoms. The standard InChI is InChI=1S/C27H19F4N5O3/c1-39-20-7-2-4-15(12-20)13-21-32-23-22(16-8-10-19(28)11-9-16)33-34-24(23)26(38)36(21)35-25(37)17-5-3-6-18(14-17)27(29,30)31/h2-12,14H,13H2,1H3,(H,33,34)(H,35,37). The van der Waals surface area contributed by atoms with Crippen molar-refractivity contribution in [2.75, 3.05) is 12.5 Å².